The van der Waals surface area contributed by atoms with Gasteiger partial charge in [-0.05, 0) is 24.5 Å². The van der Waals surface area contributed by atoms with Crippen LogP contribution in [0.4, 0.5) is 0 Å². The van der Waals surface area contributed by atoms with Crippen LogP contribution >= 0.6 is 0 Å². The third kappa shape index (κ3) is 3.87. The highest BCUT2D eigenvalue weighted by Crippen LogP contribution is 2.22. The van der Waals surface area contributed by atoms with Gasteiger partial charge >= 0.3 is 5.97 Å². The first kappa shape index (κ1) is 18.0. The number of likely N-dealkylation sites (tertiary alicyclic amines) is 1. The van der Waals surface area contributed by atoms with Crippen LogP contribution in [0.3, 0.4) is 0 Å². The second kappa shape index (κ2) is 7.59. The van der Waals surface area contributed by atoms with Gasteiger partial charge < -0.3 is 20.3 Å². The number of nitrogens with zero attached hydrogens (tertiary/aromatic N) is 1. The van der Waals surface area contributed by atoms with Crippen LogP contribution in [-0.2, 0) is 20.8 Å². The summed E-state index contributed by atoms with van der Waals surface area (Å²) in [6.45, 7) is 2.20. The topological polar surface area (TPSA) is 103 Å². The standard InChI is InChI=1S/C19H23N3O4/c1-12(23)21-17(10-14-11-20-16-5-3-2-4-15(14)16)18(24)22-8-6-13(7-9-22)19(25)26/h2-5,11,13,17,20H,6-10H2,1H3,(H,21,23)(H,25,26). The number of piperidine rings is 1. The van der Waals surface area contributed by atoms with Crippen molar-refractivity contribution < 1.29 is 19.5 Å². The minimum atomic E-state index is -0.811. The fourth-order valence-electron chi connectivity index (χ4n) is 3.53. The molecule has 0 saturated carbocycles. The molecular weight excluding hydrogens is 334 g/mol. The number of carboxylic acid groups (broad SMARTS) is 1. The minimum Gasteiger partial charge on any atom is -0.481 e. The van der Waals surface area contributed by atoms with Crippen LogP contribution < -0.4 is 5.32 Å². The molecule has 1 aliphatic rings. The summed E-state index contributed by atoms with van der Waals surface area (Å²) < 4.78 is 0. The van der Waals surface area contributed by atoms with E-state index in [-0.39, 0.29) is 11.8 Å². The molecule has 2 amide bonds. The molecule has 0 aliphatic carbocycles. The Morgan fingerprint density at radius 2 is 1.96 bits per heavy atom. The van der Waals surface area contributed by atoms with E-state index in [0.717, 1.165) is 16.5 Å². The molecule has 7 nitrogen and oxygen atoms in total. The number of aromatic amines is 1. The molecule has 0 spiro atoms. The Hall–Kier alpha value is -2.83. The lowest BCUT2D eigenvalue weighted by Crippen LogP contribution is -2.51. The maximum atomic E-state index is 12.9. The summed E-state index contributed by atoms with van der Waals surface area (Å²) in [6, 6.07) is 7.16. The Balaban J connectivity index is 1.74. The normalized spacial score (nSPS) is 16.4. The molecule has 26 heavy (non-hydrogen) atoms. The number of amides is 2. The largest absolute Gasteiger partial charge is 0.481 e. The number of para-hydroxylation sites is 1. The van der Waals surface area contributed by atoms with E-state index in [2.05, 4.69) is 10.3 Å². The van der Waals surface area contributed by atoms with Crippen molar-refractivity contribution in [3.8, 4) is 0 Å². The first-order valence-corrected chi connectivity index (χ1v) is 8.79. The third-order valence-corrected chi connectivity index (χ3v) is 4.93. The van der Waals surface area contributed by atoms with Crippen molar-refractivity contribution in [1.29, 1.82) is 0 Å². The summed E-state index contributed by atoms with van der Waals surface area (Å²) in [4.78, 5) is 40.5. The number of hydrogen-bond acceptors (Lipinski definition) is 3. The molecular formula is C19H23N3O4. The van der Waals surface area contributed by atoms with Gasteiger partial charge in [0.05, 0.1) is 5.92 Å². The number of fused-ring (bicyclic) bond motifs is 1. The fraction of sp³-hybridized carbons (Fsp3) is 0.421. The van der Waals surface area contributed by atoms with Gasteiger partial charge in [-0.2, -0.15) is 0 Å². The molecule has 1 aromatic carbocycles. The zero-order chi connectivity index (χ0) is 18.7. The smallest absolute Gasteiger partial charge is 0.306 e. The molecule has 1 aliphatic heterocycles. The first-order chi connectivity index (χ1) is 12.5. The van der Waals surface area contributed by atoms with Gasteiger partial charge in [0.2, 0.25) is 11.8 Å². The second-order valence-electron chi connectivity index (χ2n) is 6.75. The van der Waals surface area contributed by atoms with Gasteiger partial charge in [0, 0.05) is 43.5 Å². The molecule has 2 heterocycles. The van der Waals surface area contributed by atoms with Crippen LogP contribution in [0.25, 0.3) is 10.9 Å². The lowest BCUT2D eigenvalue weighted by Gasteiger charge is -2.33. The Morgan fingerprint density at radius 3 is 2.62 bits per heavy atom. The van der Waals surface area contributed by atoms with Crippen LogP contribution in [0.5, 0.6) is 0 Å². The van der Waals surface area contributed by atoms with Crippen LogP contribution in [0, 0.1) is 5.92 Å². The maximum absolute atomic E-state index is 12.9. The van der Waals surface area contributed by atoms with E-state index in [4.69, 9.17) is 5.11 Å². The zero-order valence-electron chi connectivity index (χ0n) is 14.7. The number of hydrogen-bond donors (Lipinski definition) is 3. The predicted molar refractivity (Wildman–Crippen MR) is 96.5 cm³/mol. The Labute approximate surface area is 151 Å². The molecule has 0 bridgehead atoms. The molecule has 1 unspecified atom stereocenters. The van der Waals surface area contributed by atoms with E-state index < -0.39 is 17.9 Å². The molecule has 3 rings (SSSR count). The molecule has 1 fully saturated rings. The highest BCUT2D eigenvalue weighted by atomic mass is 16.4. The van der Waals surface area contributed by atoms with E-state index in [1.54, 1.807) is 4.90 Å². The number of benzene rings is 1. The molecule has 7 heteroatoms. The highest BCUT2D eigenvalue weighted by molar-refractivity contribution is 5.89. The number of aromatic nitrogens is 1. The first-order valence-electron chi connectivity index (χ1n) is 8.79. The van der Waals surface area contributed by atoms with Crippen molar-refractivity contribution in [1.82, 2.24) is 15.2 Å². The van der Waals surface area contributed by atoms with Crippen molar-refractivity contribution in [2.45, 2.75) is 32.2 Å². The van der Waals surface area contributed by atoms with Crippen LogP contribution in [0.2, 0.25) is 0 Å². The number of carboxylic acids is 1. The number of carbonyl (C=O) groups is 3. The second-order valence-corrected chi connectivity index (χ2v) is 6.75. The summed E-state index contributed by atoms with van der Waals surface area (Å²) in [5.41, 5.74) is 1.95. The van der Waals surface area contributed by atoms with Crippen molar-refractivity contribution in [2.75, 3.05) is 13.1 Å². The molecule has 0 radical (unpaired) electrons. The molecule has 1 saturated heterocycles. The van der Waals surface area contributed by atoms with Gasteiger partial charge in [-0.1, -0.05) is 18.2 Å². The maximum Gasteiger partial charge on any atom is 0.306 e. The van der Waals surface area contributed by atoms with Gasteiger partial charge in [0.1, 0.15) is 6.04 Å². The van der Waals surface area contributed by atoms with E-state index in [1.807, 2.05) is 30.5 Å². The molecule has 138 valence electrons. The van der Waals surface area contributed by atoms with Crippen molar-refractivity contribution in [3.63, 3.8) is 0 Å². The molecule has 2 aromatic rings. The fourth-order valence-corrected chi connectivity index (χ4v) is 3.53. The number of carbonyl (C=O) groups excluding carboxylic acids is 2. The Bertz CT molecular complexity index is 821. The number of aliphatic carboxylic acids is 1. The number of rotatable bonds is 5. The summed E-state index contributed by atoms with van der Waals surface area (Å²) >= 11 is 0. The van der Waals surface area contributed by atoms with Gasteiger partial charge in [-0.15, -0.1) is 0 Å². The summed E-state index contributed by atoms with van der Waals surface area (Å²) in [5.74, 6) is -1.63. The van der Waals surface area contributed by atoms with E-state index in [1.165, 1.54) is 6.92 Å². The molecule has 1 aromatic heterocycles. The SMILES string of the molecule is CC(=O)NC(Cc1c[nH]c2ccccc12)C(=O)N1CCC(C(=O)O)CC1. The minimum absolute atomic E-state index is 0.158. The average Bonchev–Trinajstić information content (AvgIpc) is 3.03. The molecule has 1 atom stereocenters. The predicted octanol–water partition coefficient (Wildman–Crippen LogP) is 1.54. The average molecular weight is 357 g/mol. The zero-order valence-corrected chi connectivity index (χ0v) is 14.7. The van der Waals surface area contributed by atoms with E-state index in [0.29, 0.717) is 32.4 Å². The summed E-state index contributed by atoms with van der Waals surface area (Å²) in [5, 5.41) is 12.9. The van der Waals surface area contributed by atoms with Gasteiger partial charge in [0.15, 0.2) is 0 Å². The van der Waals surface area contributed by atoms with Crippen LogP contribution in [-0.4, -0.2) is 51.9 Å². The number of H-pyrrole nitrogens is 1. The lowest BCUT2D eigenvalue weighted by molar-refractivity contribution is -0.146. The van der Waals surface area contributed by atoms with Crippen molar-refractivity contribution in [2.24, 2.45) is 5.92 Å². The van der Waals surface area contributed by atoms with Crippen LogP contribution in [0.1, 0.15) is 25.3 Å². The Kier molecular flexibility index (Phi) is 5.25. The summed E-state index contributed by atoms with van der Waals surface area (Å²) in [7, 11) is 0. The monoisotopic (exact) mass is 357 g/mol. The van der Waals surface area contributed by atoms with Gasteiger partial charge in [0.25, 0.3) is 0 Å². The molecule has 3 N–H and O–H groups in total. The van der Waals surface area contributed by atoms with Crippen molar-refractivity contribution in [3.05, 3.63) is 36.0 Å². The quantitative estimate of drug-likeness (QED) is 0.755. The van der Waals surface area contributed by atoms with Gasteiger partial charge in [-0.25, -0.2) is 0 Å². The third-order valence-electron chi connectivity index (χ3n) is 4.93. The van der Waals surface area contributed by atoms with Crippen LogP contribution in [0.15, 0.2) is 30.5 Å². The lowest BCUT2D eigenvalue weighted by atomic mass is 9.96. The highest BCUT2D eigenvalue weighted by Gasteiger charge is 2.31. The van der Waals surface area contributed by atoms with Gasteiger partial charge in [-0.3, -0.25) is 14.4 Å². The van der Waals surface area contributed by atoms with E-state index >= 15 is 0 Å². The van der Waals surface area contributed by atoms with E-state index in [9.17, 15) is 14.4 Å². The Morgan fingerprint density at radius 1 is 1.27 bits per heavy atom. The number of nitrogens with one attached hydrogen (secondary N) is 2. The van der Waals surface area contributed by atoms with Crippen molar-refractivity contribution >= 4 is 28.7 Å². The summed E-state index contributed by atoms with van der Waals surface area (Å²) in [6.07, 6.45) is 3.15.